The Bertz CT molecular complexity index is 682. The molecule has 0 aromatic heterocycles. The van der Waals surface area contributed by atoms with Crippen LogP contribution in [0.1, 0.15) is 35.6 Å². The van der Waals surface area contributed by atoms with Crippen LogP contribution in [0.25, 0.3) is 0 Å². The molecule has 21 heavy (non-hydrogen) atoms. The first-order valence-electron chi connectivity index (χ1n) is 7.25. The van der Waals surface area contributed by atoms with E-state index in [4.69, 9.17) is 0 Å². The smallest absolute Gasteiger partial charge is 0.292 e. The lowest BCUT2D eigenvalue weighted by atomic mass is 9.87. The summed E-state index contributed by atoms with van der Waals surface area (Å²) in [7, 11) is 0. The highest BCUT2D eigenvalue weighted by atomic mass is 16.6. The van der Waals surface area contributed by atoms with E-state index in [1.807, 2.05) is 19.1 Å². The predicted octanol–water partition coefficient (Wildman–Crippen LogP) is 4.39. The molecule has 1 unspecified atom stereocenters. The van der Waals surface area contributed by atoms with Crippen molar-refractivity contribution in [2.75, 3.05) is 5.32 Å². The highest BCUT2D eigenvalue weighted by molar-refractivity contribution is 5.67. The zero-order valence-corrected chi connectivity index (χ0v) is 12.0. The molecule has 0 saturated carbocycles. The minimum Gasteiger partial charge on any atom is -0.372 e. The number of benzene rings is 2. The molecule has 1 aliphatic carbocycles. The van der Waals surface area contributed by atoms with Crippen molar-refractivity contribution < 1.29 is 4.92 Å². The monoisotopic (exact) mass is 282 g/mol. The van der Waals surface area contributed by atoms with Gasteiger partial charge in [0.2, 0.25) is 0 Å². The summed E-state index contributed by atoms with van der Waals surface area (Å²) in [6, 6.07) is 13.7. The summed E-state index contributed by atoms with van der Waals surface area (Å²) in [5.74, 6) is 0. The van der Waals surface area contributed by atoms with Crippen LogP contribution in [0.4, 0.5) is 11.4 Å². The van der Waals surface area contributed by atoms with Crippen LogP contribution in [0.2, 0.25) is 0 Å². The van der Waals surface area contributed by atoms with Gasteiger partial charge in [0, 0.05) is 6.07 Å². The summed E-state index contributed by atoms with van der Waals surface area (Å²) < 4.78 is 0. The Morgan fingerprint density at radius 3 is 2.81 bits per heavy atom. The third kappa shape index (κ3) is 2.61. The number of nitro benzene ring substituents is 1. The Hall–Kier alpha value is -2.36. The fraction of sp³-hybridized carbons (Fsp3) is 0.294. The van der Waals surface area contributed by atoms with Crippen molar-refractivity contribution in [1.29, 1.82) is 0 Å². The van der Waals surface area contributed by atoms with Gasteiger partial charge < -0.3 is 5.32 Å². The molecular weight excluding hydrogens is 264 g/mol. The van der Waals surface area contributed by atoms with E-state index < -0.39 is 0 Å². The van der Waals surface area contributed by atoms with E-state index in [9.17, 15) is 10.1 Å². The molecule has 0 aliphatic heterocycles. The lowest BCUT2D eigenvalue weighted by Crippen LogP contribution is -2.18. The number of rotatable bonds is 3. The SMILES string of the molecule is Cc1cccc([N+](=O)[O-])c1NC1CCCc2ccccc21. The number of anilines is 1. The molecule has 0 spiro atoms. The molecule has 1 N–H and O–H groups in total. The molecule has 0 amide bonds. The maximum Gasteiger partial charge on any atom is 0.292 e. The topological polar surface area (TPSA) is 55.2 Å². The van der Waals surface area contributed by atoms with Crippen molar-refractivity contribution in [3.8, 4) is 0 Å². The Morgan fingerprint density at radius 2 is 2.00 bits per heavy atom. The number of nitrogens with one attached hydrogen (secondary N) is 1. The molecule has 0 fully saturated rings. The van der Waals surface area contributed by atoms with Gasteiger partial charge in [-0.25, -0.2) is 0 Å². The molecule has 1 atom stereocenters. The fourth-order valence-corrected chi connectivity index (χ4v) is 3.07. The van der Waals surface area contributed by atoms with Crippen LogP contribution in [0, 0.1) is 17.0 Å². The second-order valence-corrected chi connectivity index (χ2v) is 5.51. The van der Waals surface area contributed by atoms with Gasteiger partial charge in [0.1, 0.15) is 5.69 Å². The molecular formula is C17H18N2O2. The van der Waals surface area contributed by atoms with Gasteiger partial charge in [-0.3, -0.25) is 10.1 Å². The van der Waals surface area contributed by atoms with E-state index >= 15 is 0 Å². The Kier molecular flexibility index (Phi) is 3.60. The second-order valence-electron chi connectivity index (χ2n) is 5.51. The molecule has 4 heteroatoms. The fourth-order valence-electron chi connectivity index (χ4n) is 3.07. The predicted molar refractivity (Wildman–Crippen MR) is 83.6 cm³/mol. The first kappa shape index (κ1) is 13.6. The molecule has 0 heterocycles. The summed E-state index contributed by atoms with van der Waals surface area (Å²) >= 11 is 0. The molecule has 0 radical (unpaired) electrons. The summed E-state index contributed by atoms with van der Waals surface area (Å²) in [6.07, 6.45) is 3.20. The molecule has 2 aromatic rings. The minimum absolute atomic E-state index is 0.148. The van der Waals surface area contributed by atoms with E-state index in [0.29, 0.717) is 5.69 Å². The molecule has 4 nitrogen and oxygen atoms in total. The number of fused-ring (bicyclic) bond motifs is 1. The molecule has 3 rings (SSSR count). The van der Waals surface area contributed by atoms with Crippen molar-refractivity contribution in [3.05, 3.63) is 69.3 Å². The van der Waals surface area contributed by atoms with E-state index in [2.05, 4.69) is 23.5 Å². The zero-order valence-electron chi connectivity index (χ0n) is 12.0. The van der Waals surface area contributed by atoms with Gasteiger partial charge in [-0.2, -0.15) is 0 Å². The highest BCUT2D eigenvalue weighted by Crippen LogP contribution is 2.36. The number of hydrogen-bond acceptors (Lipinski definition) is 3. The van der Waals surface area contributed by atoms with Crippen molar-refractivity contribution in [2.45, 2.75) is 32.2 Å². The van der Waals surface area contributed by atoms with Crippen molar-refractivity contribution >= 4 is 11.4 Å². The summed E-state index contributed by atoms with van der Waals surface area (Å²) in [6.45, 7) is 1.91. The lowest BCUT2D eigenvalue weighted by molar-refractivity contribution is -0.384. The Morgan fingerprint density at radius 1 is 1.19 bits per heavy atom. The van der Waals surface area contributed by atoms with Crippen molar-refractivity contribution in [1.82, 2.24) is 0 Å². The number of para-hydroxylation sites is 1. The standard InChI is InChI=1S/C17H18N2O2/c1-12-6-4-11-16(19(20)21)17(12)18-15-10-5-8-13-7-2-3-9-14(13)15/h2-4,6-7,9,11,15,18H,5,8,10H2,1H3. The van der Waals surface area contributed by atoms with Crippen LogP contribution in [-0.2, 0) is 6.42 Å². The van der Waals surface area contributed by atoms with Crippen LogP contribution in [0.3, 0.4) is 0 Å². The van der Waals surface area contributed by atoms with Crippen LogP contribution in [0.15, 0.2) is 42.5 Å². The minimum atomic E-state index is -0.315. The summed E-state index contributed by atoms with van der Waals surface area (Å²) in [5, 5.41) is 14.6. The molecule has 2 aromatic carbocycles. The van der Waals surface area contributed by atoms with Gasteiger partial charge in [-0.15, -0.1) is 0 Å². The van der Waals surface area contributed by atoms with E-state index in [-0.39, 0.29) is 16.7 Å². The van der Waals surface area contributed by atoms with E-state index in [1.54, 1.807) is 12.1 Å². The molecule has 0 saturated heterocycles. The maximum absolute atomic E-state index is 11.2. The van der Waals surface area contributed by atoms with Gasteiger partial charge in [-0.1, -0.05) is 36.4 Å². The van der Waals surface area contributed by atoms with Crippen molar-refractivity contribution in [3.63, 3.8) is 0 Å². The largest absolute Gasteiger partial charge is 0.372 e. The summed E-state index contributed by atoms with van der Waals surface area (Å²) in [4.78, 5) is 10.9. The van der Waals surface area contributed by atoms with Crippen LogP contribution in [0.5, 0.6) is 0 Å². The third-order valence-corrected chi connectivity index (χ3v) is 4.14. The number of nitrogens with zero attached hydrogens (tertiary/aromatic N) is 1. The number of nitro groups is 1. The first-order valence-corrected chi connectivity index (χ1v) is 7.25. The van der Waals surface area contributed by atoms with E-state index in [1.165, 1.54) is 11.1 Å². The van der Waals surface area contributed by atoms with Gasteiger partial charge in [0.05, 0.1) is 11.0 Å². The first-order chi connectivity index (χ1) is 10.2. The van der Waals surface area contributed by atoms with E-state index in [0.717, 1.165) is 24.8 Å². The average Bonchev–Trinajstić information content (AvgIpc) is 2.49. The summed E-state index contributed by atoms with van der Waals surface area (Å²) in [5.41, 5.74) is 4.31. The van der Waals surface area contributed by atoms with Gasteiger partial charge in [-0.05, 0) is 42.9 Å². The Labute approximate surface area is 124 Å². The Balaban J connectivity index is 1.97. The van der Waals surface area contributed by atoms with Crippen LogP contribution < -0.4 is 5.32 Å². The quantitative estimate of drug-likeness (QED) is 0.671. The average molecular weight is 282 g/mol. The lowest BCUT2D eigenvalue weighted by Gasteiger charge is -2.27. The van der Waals surface area contributed by atoms with Gasteiger partial charge in [0.25, 0.3) is 5.69 Å². The zero-order chi connectivity index (χ0) is 14.8. The second kappa shape index (κ2) is 5.56. The van der Waals surface area contributed by atoms with Crippen LogP contribution in [-0.4, -0.2) is 4.92 Å². The number of aryl methyl sites for hydroxylation is 2. The van der Waals surface area contributed by atoms with Crippen LogP contribution >= 0.6 is 0 Å². The van der Waals surface area contributed by atoms with Crippen molar-refractivity contribution in [2.24, 2.45) is 0 Å². The third-order valence-electron chi connectivity index (χ3n) is 4.14. The van der Waals surface area contributed by atoms with Gasteiger partial charge >= 0.3 is 0 Å². The highest BCUT2D eigenvalue weighted by Gasteiger charge is 2.23. The molecule has 1 aliphatic rings. The molecule has 108 valence electrons. The van der Waals surface area contributed by atoms with Gasteiger partial charge in [0.15, 0.2) is 0 Å². The number of hydrogen-bond donors (Lipinski definition) is 1. The normalized spacial score (nSPS) is 17.1. The maximum atomic E-state index is 11.2. The molecule has 0 bridgehead atoms.